The van der Waals surface area contributed by atoms with Gasteiger partial charge in [0.2, 0.25) is 0 Å². The second kappa shape index (κ2) is 4.45. The number of carboxylic acid groups (broad SMARTS) is 1. The molecule has 1 rings (SSSR count). The summed E-state index contributed by atoms with van der Waals surface area (Å²) < 4.78 is 5.89. The Kier molecular flexibility index (Phi) is 3.63. The Hall–Kier alpha value is -1.03. The van der Waals surface area contributed by atoms with Crippen LogP contribution in [0.5, 0.6) is 5.75 Å². The van der Waals surface area contributed by atoms with E-state index in [9.17, 15) is 4.79 Å². The molecule has 0 aliphatic rings. The van der Waals surface area contributed by atoms with Crippen LogP contribution < -0.4 is 4.74 Å². The number of methoxy groups -OCH3 is 1. The average molecular weight is 287 g/mol. The molecule has 16 heavy (non-hydrogen) atoms. The van der Waals surface area contributed by atoms with E-state index in [0.717, 1.165) is 10.0 Å². The predicted octanol–water partition coefficient (Wildman–Crippen LogP) is 3.45. The van der Waals surface area contributed by atoms with Crippen molar-refractivity contribution in [1.82, 2.24) is 0 Å². The third kappa shape index (κ3) is 2.55. The Bertz CT molecular complexity index is 419. The van der Waals surface area contributed by atoms with Crippen molar-refractivity contribution in [1.29, 1.82) is 0 Å². The first kappa shape index (κ1) is 13.0. The van der Waals surface area contributed by atoms with Crippen molar-refractivity contribution < 1.29 is 14.6 Å². The van der Waals surface area contributed by atoms with Crippen LogP contribution in [0.3, 0.4) is 0 Å². The van der Waals surface area contributed by atoms with Crippen molar-refractivity contribution in [3.8, 4) is 5.75 Å². The molecule has 0 fully saturated rings. The minimum Gasteiger partial charge on any atom is -0.496 e. The fraction of sp³-hybridized carbons (Fsp3) is 0.417. The molecule has 3 nitrogen and oxygen atoms in total. The smallest absolute Gasteiger partial charge is 0.339 e. The molecule has 88 valence electrons. The van der Waals surface area contributed by atoms with E-state index in [0.29, 0.717) is 5.75 Å². The summed E-state index contributed by atoms with van der Waals surface area (Å²) in [6, 6.07) is 3.36. The van der Waals surface area contributed by atoms with Gasteiger partial charge in [-0.1, -0.05) is 36.7 Å². The first-order valence-electron chi connectivity index (χ1n) is 4.88. The fourth-order valence-corrected chi connectivity index (χ4v) is 2.40. The minimum atomic E-state index is -0.988. The molecular formula is C12H15BrO3. The molecule has 0 unspecified atom stereocenters. The maximum atomic E-state index is 11.0. The zero-order valence-corrected chi connectivity index (χ0v) is 11.4. The summed E-state index contributed by atoms with van der Waals surface area (Å²) >= 11 is 3.40. The fourth-order valence-electron chi connectivity index (χ4n) is 1.46. The highest BCUT2D eigenvalue weighted by Gasteiger charge is 2.21. The van der Waals surface area contributed by atoms with Crippen molar-refractivity contribution in [2.24, 2.45) is 0 Å². The van der Waals surface area contributed by atoms with Crippen LogP contribution in [0.4, 0.5) is 0 Å². The lowest BCUT2D eigenvalue weighted by Gasteiger charge is -2.22. The van der Waals surface area contributed by atoms with Gasteiger partial charge in [-0.3, -0.25) is 0 Å². The summed E-state index contributed by atoms with van der Waals surface area (Å²) in [4.78, 5) is 11.0. The van der Waals surface area contributed by atoms with Gasteiger partial charge in [0.25, 0.3) is 0 Å². The molecule has 0 aromatic heterocycles. The van der Waals surface area contributed by atoms with E-state index < -0.39 is 5.97 Å². The van der Waals surface area contributed by atoms with Crippen molar-refractivity contribution >= 4 is 21.9 Å². The first-order valence-corrected chi connectivity index (χ1v) is 5.68. The maximum Gasteiger partial charge on any atom is 0.339 e. The van der Waals surface area contributed by atoms with Gasteiger partial charge in [-0.2, -0.15) is 0 Å². The van der Waals surface area contributed by atoms with Crippen LogP contribution in [0.25, 0.3) is 0 Å². The van der Waals surface area contributed by atoms with Crippen LogP contribution in [0.2, 0.25) is 0 Å². The lowest BCUT2D eigenvalue weighted by molar-refractivity contribution is 0.0693. The van der Waals surface area contributed by atoms with Gasteiger partial charge in [0.15, 0.2) is 0 Å². The summed E-state index contributed by atoms with van der Waals surface area (Å²) in [5.41, 5.74) is 1.13. The maximum absolute atomic E-state index is 11.0. The number of halogens is 1. The SMILES string of the molecule is COc1cc(C(C)(C)C)c(Br)cc1C(=O)O. The number of aromatic carboxylic acids is 1. The second-order valence-corrected chi connectivity index (χ2v) is 5.44. The summed E-state index contributed by atoms with van der Waals surface area (Å²) in [5.74, 6) is -0.598. The highest BCUT2D eigenvalue weighted by molar-refractivity contribution is 9.10. The topological polar surface area (TPSA) is 46.5 Å². The highest BCUT2D eigenvalue weighted by atomic mass is 79.9. The molecule has 0 radical (unpaired) electrons. The quantitative estimate of drug-likeness (QED) is 0.906. The number of benzene rings is 1. The molecule has 0 aliphatic heterocycles. The molecule has 1 aromatic rings. The zero-order valence-electron chi connectivity index (χ0n) is 9.80. The Balaban J connectivity index is 3.43. The van der Waals surface area contributed by atoms with Gasteiger partial charge in [0.05, 0.1) is 7.11 Å². The molecule has 0 aliphatic carbocycles. The molecular weight excluding hydrogens is 272 g/mol. The second-order valence-electron chi connectivity index (χ2n) is 4.59. The van der Waals surface area contributed by atoms with Crippen LogP contribution >= 0.6 is 15.9 Å². The van der Waals surface area contributed by atoms with Crippen molar-refractivity contribution in [3.63, 3.8) is 0 Å². The first-order chi connectivity index (χ1) is 7.27. The minimum absolute atomic E-state index is 0.0663. The van der Waals surface area contributed by atoms with Gasteiger partial charge in [-0.15, -0.1) is 0 Å². The monoisotopic (exact) mass is 286 g/mol. The Morgan fingerprint density at radius 1 is 1.38 bits per heavy atom. The molecule has 0 bridgehead atoms. The Morgan fingerprint density at radius 2 is 1.94 bits per heavy atom. The van der Waals surface area contributed by atoms with E-state index in [2.05, 4.69) is 36.7 Å². The van der Waals surface area contributed by atoms with Gasteiger partial charge < -0.3 is 9.84 Å². The van der Waals surface area contributed by atoms with Crippen molar-refractivity contribution in [2.45, 2.75) is 26.2 Å². The standard InChI is InChI=1S/C12H15BrO3/c1-12(2,3)8-6-10(16-4)7(11(14)15)5-9(8)13/h5-6H,1-4H3,(H,14,15). The Morgan fingerprint density at radius 3 is 2.31 bits per heavy atom. The zero-order chi connectivity index (χ0) is 12.5. The van der Waals surface area contributed by atoms with Crippen molar-refractivity contribution in [2.75, 3.05) is 7.11 Å². The molecule has 4 heteroatoms. The summed E-state index contributed by atoms with van der Waals surface area (Å²) in [6.07, 6.45) is 0. The number of hydrogen-bond donors (Lipinski definition) is 1. The highest BCUT2D eigenvalue weighted by Crippen LogP contribution is 2.35. The Labute approximate surface area is 104 Å². The van der Waals surface area contributed by atoms with E-state index in [1.807, 2.05) is 0 Å². The van der Waals surface area contributed by atoms with Gasteiger partial charge in [0.1, 0.15) is 11.3 Å². The third-order valence-electron chi connectivity index (χ3n) is 2.33. The number of carboxylic acids is 1. The third-order valence-corrected chi connectivity index (χ3v) is 2.98. The summed E-state index contributed by atoms with van der Waals surface area (Å²) in [5, 5.41) is 9.01. The molecule has 0 saturated carbocycles. The average Bonchev–Trinajstić information content (AvgIpc) is 2.15. The van der Waals surface area contributed by atoms with Gasteiger partial charge in [-0.05, 0) is 23.1 Å². The van der Waals surface area contributed by atoms with Gasteiger partial charge in [-0.25, -0.2) is 4.79 Å². The number of ether oxygens (including phenoxy) is 1. The van der Waals surface area contributed by atoms with Crippen LogP contribution in [0.1, 0.15) is 36.7 Å². The molecule has 0 saturated heterocycles. The molecule has 0 spiro atoms. The van der Waals surface area contributed by atoms with Gasteiger partial charge >= 0.3 is 5.97 Å². The van der Waals surface area contributed by atoms with E-state index in [-0.39, 0.29) is 11.0 Å². The van der Waals surface area contributed by atoms with Gasteiger partial charge in [0, 0.05) is 4.47 Å². The van der Waals surface area contributed by atoms with Crippen LogP contribution in [-0.4, -0.2) is 18.2 Å². The lowest BCUT2D eigenvalue weighted by atomic mass is 9.86. The number of hydrogen-bond acceptors (Lipinski definition) is 2. The predicted molar refractivity (Wildman–Crippen MR) is 66.4 cm³/mol. The molecule has 0 atom stereocenters. The van der Waals surface area contributed by atoms with Crippen LogP contribution in [0.15, 0.2) is 16.6 Å². The lowest BCUT2D eigenvalue weighted by Crippen LogP contribution is -2.13. The van der Waals surface area contributed by atoms with Crippen LogP contribution in [0, 0.1) is 0 Å². The summed E-state index contributed by atoms with van der Waals surface area (Å²) in [6.45, 7) is 6.19. The number of carbonyl (C=O) groups is 1. The van der Waals surface area contributed by atoms with E-state index in [1.54, 1.807) is 12.1 Å². The van der Waals surface area contributed by atoms with E-state index >= 15 is 0 Å². The van der Waals surface area contributed by atoms with Crippen LogP contribution in [-0.2, 0) is 5.41 Å². The van der Waals surface area contributed by atoms with E-state index in [1.165, 1.54) is 7.11 Å². The van der Waals surface area contributed by atoms with E-state index in [4.69, 9.17) is 9.84 Å². The molecule has 0 amide bonds. The molecule has 0 heterocycles. The number of rotatable bonds is 2. The molecule has 1 N–H and O–H groups in total. The largest absolute Gasteiger partial charge is 0.496 e. The summed E-state index contributed by atoms with van der Waals surface area (Å²) in [7, 11) is 1.47. The van der Waals surface area contributed by atoms with Crippen molar-refractivity contribution in [3.05, 3.63) is 27.7 Å². The normalized spacial score (nSPS) is 11.3. The molecule has 1 aromatic carbocycles.